The van der Waals surface area contributed by atoms with Crippen molar-refractivity contribution in [3.05, 3.63) is 0 Å². The van der Waals surface area contributed by atoms with Gasteiger partial charge in [0.05, 0.1) is 0 Å². The van der Waals surface area contributed by atoms with Crippen LogP contribution in [0.5, 0.6) is 0 Å². The highest BCUT2D eigenvalue weighted by Crippen LogP contribution is 2.21. The maximum Gasteiger partial charge on any atom is 0.303 e. The van der Waals surface area contributed by atoms with Gasteiger partial charge >= 0.3 is 5.97 Å². The lowest BCUT2D eigenvalue weighted by Gasteiger charge is -2.27. The molecule has 132 valence electrons. The molecule has 0 radical (unpaired) electrons. The zero-order valence-electron chi connectivity index (χ0n) is 14.4. The van der Waals surface area contributed by atoms with Crippen LogP contribution in [0.25, 0.3) is 0 Å². The number of nitrogens with zero attached hydrogens (tertiary/aromatic N) is 1. The second kappa shape index (κ2) is 11.2. The van der Waals surface area contributed by atoms with Gasteiger partial charge in [-0.2, -0.15) is 0 Å². The Morgan fingerprint density at radius 3 is 2.22 bits per heavy atom. The predicted octanol–water partition coefficient (Wildman–Crippen LogP) is 3.55. The van der Waals surface area contributed by atoms with Gasteiger partial charge in [-0.15, -0.1) is 0 Å². The van der Waals surface area contributed by atoms with E-state index in [0.29, 0.717) is 25.8 Å². The van der Waals surface area contributed by atoms with Crippen LogP contribution in [0.4, 0.5) is 0 Å². The van der Waals surface area contributed by atoms with E-state index in [1.54, 1.807) is 4.90 Å². The van der Waals surface area contributed by atoms with E-state index in [1.807, 2.05) is 0 Å². The fraction of sp³-hybridized carbons (Fsp3) is 0.833. The fourth-order valence-corrected chi connectivity index (χ4v) is 3.22. The lowest BCUT2D eigenvalue weighted by Crippen LogP contribution is -2.37. The number of carbonyl (C=O) groups is 3. The van der Waals surface area contributed by atoms with Crippen LogP contribution >= 0.6 is 0 Å². The maximum absolute atomic E-state index is 11.9. The van der Waals surface area contributed by atoms with Gasteiger partial charge in [0.2, 0.25) is 5.78 Å². The minimum atomic E-state index is -0.802. The summed E-state index contributed by atoms with van der Waals surface area (Å²) in [5.74, 6) is -1.47. The third kappa shape index (κ3) is 7.62. The Morgan fingerprint density at radius 1 is 1.04 bits per heavy atom. The zero-order valence-corrected chi connectivity index (χ0v) is 14.4. The molecule has 1 unspecified atom stereocenters. The van der Waals surface area contributed by atoms with E-state index in [-0.39, 0.29) is 24.2 Å². The number of amides is 1. The van der Waals surface area contributed by atoms with Crippen LogP contribution in [0.3, 0.4) is 0 Å². The van der Waals surface area contributed by atoms with Gasteiger partial charge < -0.3 is 10.0 Å². The summed E-state index contributed by atoms with van der Waals surface area (Å²) in [6.45, 7) is 2.71. The van der Waals surface area contributed by atoms with Crippen LogP contribution in [0.1, 0.15) is 84.0 Å². The van der Waals surface area contributed by atoms with Gasteiger partial charge in [-0.3, -0.25) is 14.4 Å². The fourth-order valence-electron chi connectivity index (χ4n) is 3.22. The van der Waals surface area contributed by atoms with Crippen LogP contribution in [-0.2, 0) is 14.4 Å². The van der Waals surface area contributed by atoms with Gasteiger partial charge in [0.15, 0.2) is 0 Å². The normalized spacial score (nSPS) is 16.1. The summed E-state index contributed by atoms with van der Waals surface area (Å²) < 4.78 is 0. The minimum Gasteiger partial charge on any atom is -0.481 e. The Kier molecular flexibility index (Phi) is 9.57. The molecule has 1 aliphatic heterocycles. The first-order valence-corrected chi connectivity index (χ1v) is 9.11. The Hall–Kier alpha value is -1.39. The molecule has 1 aliphatic rings. The van der Waals surface area contributed by atoms with Crippen LogP contribution in [0.15, 0.2) is 0 Å². The van der Waals surface area contributed by atoms with Crippen molar-refractivity contribution < 1.29 is 19.5 Å². The Morgan fingerprint density at radius 2 is 1.65 bits per heavy atom. The minimum absolute atomic E-state index is 0.0314. The molecule has 1 heterocycles. The molecule has 1 N–H and O–H groups in total. The molecule has 0 saturated carbocycles. The standard InChI is InChI=1S/C18H31NO4/c1-2-3-4-5-6-7-8-10-15(11-9-12-17(21)22)19-14-13-16(20)18(19)23/h15H,2-14H2,1H3,(H,21,22). The third-order valence-electron chi connectivity index (χ3n) is 4.59. The first kappa shape index (κ1) is 19.7. The largest absolute Gasteiger partial charge is 0.481 e. The first-order valence-electron chi connectivity index (χ1n) is 9.11. The number of hydrogen-bond acceptors (Lipinski definition) is 3. The second-order valence-corrected chi connectivity index (χ2v) is 6.52. The number of carbonyl (C=O) groups excluding carboxylic acids is 2. The number of unbranched alkanes of at least 4 members (excludes halogenated alkanes) is 6. The smallest absolute Gasteiger partial charge is 0.303 e. The van der Waals surface area contributed by atoms with Gasteiger partial charge in [0.1, 0.15) is 0 Å². The van der Waals surface area contributed by atoms with Gasteiger partial charge in [0.25, 0.3) is 5.91 Å². The predicted molar refractivity (Wildman–Crippen MR) is 89.2 cm³/mol. The van der Waals surface area contributed by atoms with Crippen LogP contribution in [0.2, 0.25) is 0 Å². The van der Waals surface area contributed by atoms with E-state index >= 15 is 0 Å². The quantitative estimate of drug-likeness (QED) is 0.415. The number of rotatable bonds is 13. The SMILES string of the molecule is CCCCCCCCCC(CCCC(=O)O)N1CCC(=O)C1=O. The van der Waals surface area contributed by atoms with E-state index < -0.39 is 5.97 Å². The summed E-state index contributed by atoms with van der Waals surface area (Å²) >= 11 is 0. The molecular weight excluding hydrogens is 294 g/mol. The molecule has 0 aliphatic carbocycles. The van der Waals surface area contributed by atoms with Crippen molar-refractivity contribution in [1.82, 2.24) is 4.90 Å². The van der Waals surface area contributed by atoms with Gasteiger partial charge in [-0.1, -0.05) is 51.9 Å². The van der Waals surface area contributed by atoms with Gasteiger partial charge in [-0.25, -0.2) is 0 Å². The monoisotopic (exact) mass is 325 g/mol. The van der Waals surface area contributed by atoms with E-state index in [0.717, 1.165) is 19.3 Å². The molecule has 0 aromatic rings. The third-order valence-corrected chi connectivity index (χ3v) is 4.59. The van der Waals surface area contributed by atoms with Crippen molar-refractivity contribution in [3.8, 4) is 0 Å². The van der Waals surface area contributed by atoms with Crippen molar-refractivity contribution >= 4 is 17.7 Å². The summed E-state index contributed by atoms with van der Waals surface area (Å²) in [5, 5.41) is 8.77. The molecule has 1 amide bonds. The Balaban J connectivity index is 2.34. The number of Topliss-reactive ketones (excluding diaryl/α,β-unsaturated/α-hetero) is 1. The highest BCUT2D eigenvalue weighted by atomic mass is 16.4. The van der Waals surface area contributed by atoms with Crippen molar-refractivity contribution in [2.24, 2.45) is 0 Å². The van der Waals surface area contributed by atoms with Gasteiger partial charge in [0, 0.05) is 25.4 Å². The van der Waals surface area contributed by atoms with E-state index in [2.05, 4.69) is 6.92 Å². The average Bonchev–Trinajstić information content (AvgIpc) is 2.84. The van der Waals surface area contributed by atoms with E-state index in [1.165, 1.54) is 32.1 Å². The number of likely N-dealkylation sites (tertiary alicyclic amines) is 1. The van der Waals surface area contributed by atoms with Crippen molar-refractivity contribution in [2.75, 3.05) is 6.54 Å². The van der Waals surface area contributed by atoms with Crippen LogP contribution in [-0.4, -0.2) is 40.3 Å². The number of hydrogen-bond donors (Lipinski definition) is 1. The van der Waals surface area contributed by atoms with Gasteiger partial charge in [-0.05, 0) is 19.3 Å². The molecule has 1 fully saturated rings. The highest BCUT2D eigenvalue weighted by Gasteiger charge is 2.33. The first-order chi connectivity index (χ1) is 11.1. The molecule has 0 spiro atoms. The molecule has 0 aromatic heterocycles. The molecule has 0 bridgehead atoms. The summed E-state index contributed by atoms with van der Waals surface area (Å²) in [6.07, 6.45) is 11.1. The second-order valence-electron chi connectivity index (χ2n) is 6.52. The van der Waals surface area contributed by atoms with Crippen molar-refractivity contribution in [3.63, 3.8) is 0 Å². The van der Waals surface area contributed by atoms with Crippen LogP contribution < -0.4 is 0 Å². The lowest BCUT2D eigenvalue weighted by molar-refractivity contribution is -0.141. The summed E-state index contributed by atoms with van der Waals surface area (Å²) in [6, 6.07) is 0.0314. The molecule has 1 saturated heterocycles. The van der Waals surface area contributed by atoms with E-state index in [9.17, 15) is 14.4 Å². The molecule has 5 heteroatoms. The molecule has 23 heavy (non-hydrogen) atoms. The average molecular weight is 325 g/mol. The van der Waals surface area contributed by atoms with Crippen molar-refractivity contribution in [2.45, 2.75) is 90.0 Å². The Bertz CT molecular complexity index is 394. The number of ketones is 1. The highest BCUT2D eigenvalue weighted by molar-refractivity contribution is 6.37. The summed E-state index contributed by atoms with van der Waals surface area (Å²) in [4.78, 5) is 35.7. The Labute approximate surface area is 139 Å². The van der Waals surface area contributed by atoms with Crippen LogP contribution in [0, 0.1) is 0 Å². The summed E-state index contributed by atoms with van der Waals surface area (Å²) in [5.41, 5.74) is 0. The molecular formula is C18H31NO4. The van der Waals surface area contributed by atoms with Crippen molar-refractivity contribution in [1.29, 1.82) is 0 Å². The molecule has 1 atom stereocenters. The number of carboxylic acids is 1. The topological polar surface area (TPSA) is 74.7 Å². The maximum atomic E-state index is 11.9. The molecule has 0 aromatic carbocycles. The number of carboxylic acid groups (broad SMARTS) is 1. The molecule has 5 nitrogen and oxygen atoms in total. The summed E-state index contributed by atoms with van der Waals surface area (Å²) in [7, 11) is 0. The zero-order chi connectivity index (χ0) is 17.1. The molecule has 1 rings (SSSR count). The van der Waals surface area contributed by atoms with E-state index in [4.69, 9.17) is 5.11 Å². The number of aliphatic carboxylic acids is 1. The lowest BCUT2D eigenvalue weighted by atomic mass is 10.00.